The van der Waals surface area contributed by atoms with Crippen molar-refractivity contribution in [3.05, 3.63) is 43.7 Å². The Bertz CT molecular complexity index is 456. The molecule has 0 saturated carbocycles. The van der Waals surface area contributed by atoms with Crippen LogP contribution in [0.2, 0.25) is 0 Å². The molecule has 2 heterocycles. The number of nitrogens with zero attached hydrogens (tertiary/aromatic N) is 1. The van der Waals surface area contributed by atoms with Crippen molar-refractivity contribution in [3.63, 3.8) is 0 Å². The van der Waals surface area contributed by atoms with Crippen LogP contribution in [0.25, 0.3) is 0 Å². The standard InChI is InChI=1S/C10H8Br2N2S/c11-7-1-9(4-13-3-7)14-5-10-2-8(12)6-15-10/h1-4,6,14H,5H2. The van der Waals surface area contributed by atoms with Crippen molar-refractivity contribution in [2.24, 2.45) is 0 Å². The first-order valence-electron chi connectivity index (χ1n) is 4.31. The molecule has 2 aromatic heterocycles. The largest absolute Gasteiger partial charge is 0.379 e. The van der Waals surface area contributed by atoms with Crippen molar-refractivity contribution in [1.82, 2.24) is 4.98 Å². The summed E-state index contributed by atoms with van der Waals surface area (Å²) < 4.78 is 2.12. The smallest absolute Gasteiger partial charge is 0.0540 e. The van der Waals surface area contributed by atoms with Gasteiger partial charge in [-0.1, -0.05) is 0 Å². The van der Waals surface area contributed by atoms with Crippen LogP contribution in [-0.2, 0) is 6.54 Å². The number of pyridine rings is 1. The molecule has 78 valence electrons. The molecular formula is C10H8Br2N2S. The Morgan fingerprint density at radius 2 is 2.07 bits per heavy atom. The first kappa shape index (κ1) is 11.1. The maximum atomic E-state index is 4.09. The minimum atomic E-state index is 0.828. The number of halogens is 2. The first-order valence-corrected chi connectivity index (χ1v) is 6.78. The molecule has 0 saturated heterocycles. The SMILES string of the molecule is Brc1cncc(NCc2cc(Br)cs2)c1. The zero-order valence-corrected chi connectivity index (χ0v) is 11.7. The van der Waals surface area contributed by atoms with Gasteiger partial charge in [0.25, 0.3) is 0 Å². The van der Waals surface area contributed by atoms with Crippen molar-refractivity contribution < 1.29 is 0 Å². The van der Waals surface area contributed by atoms with Crippen LogP contribution in [-0.4, -0.2) is 4.98 Å². The van der Waals surface area contributed by atoms with Gasteiger partial charge in [0.1, 0.15) is 0 Å². The van der Waals surface area contributed by atoms with Gasteiger partial charge in [-0.05, 0) is 44.0 Å². The van der Waals surface area contributed by atoms with Crippen LogP contribution in [0.5, 0.6) is 0 Å². The van der Waals surface area contributed by atoms with Crippen LogP contribution in [0.15, 0.2) is 38.9 Å². The minimum absolute atomic E-state index is 0.828. The first-order chi connectivity index (χ1) is 7.24. The van der Waals surface area contributed by atoms with Crippen molar-refractivity contribution in [3.8, 4) is 0 Å². The Labute approximate surface area is 109 Å². The lowest BCUT2D eigenvalue weighted by molar-refractivity contribution is 1.17. The topological polar surface area (TPSA) is 24.9 Å². The summed E-state index contributed by atoms with van der Waals surface area (Å²) in [4.78, 5) is 5.38. The molecule has 0 radical (unpaired) electrons. The average molecular weight is 348 g/mol. The lowest BCUT2D eigenvalue weighted by Gasteiger charge is -2.03. The van der Waals surface area contributed by atoms with E-state index >= 15 is 0 Å². The number of aromatic nitrogens is 1. The molecular weight excluding hydrogens is 340 g/mol. The number of hydrogen-bond acceptors (Lipinski definition) is 3. The van der Waals surface area contributed by atoms with Gasteiger partial charge in [-0.3, -0.25) is 4.98 Å². The zero-order chi connectivity index (χ0) is 10.7. The Balaban J connectivity index is 1.99. The lowest BCUT2D eigenvalue weighted by Crippen LogP contribution is -1.97. The van der Waals surface area contributed by atoms with Gasteiger partial charge >= 0.3 is 0 Å². The van der Waals surface area contributed by atoms with E-state index in [1.807, 2.05) is 12.3 Å². The average Bonchev–Trinajstić information content (AvgIpc) is 2.62. The van der Waals surface area contributed by atoms with E-state index < -0.39 is 0 Å². The summed E-state index contributed by atoms with van der Waals surface area (Å²) in [6.07, 6.45) is 3.58. The summed E-state index contributed by atoms with van der Waals surface area (Å²) in [5, 5.41) is 5.39. The third-order valence-electron chi connectivity index (χ3n) is 1.79. The third kappa shape index (κ3) is 3.29. The quantitative estimate of drug-likeness (QED) is 0.896. The fourth-order valence-corrected chi connectivity index (χ4v) is 2.90. The maximum Gasteiger partial charge on any atom is 0.0540 e. The number of anilines is 1. The zero-order valence-electron chi connectivity index (χ0n) is 7.71. The predicted molar refractivity (Wildman–Crippen MR) is 71.3 cm³/mol. The molecule has 2 nitrogen and oxygen atoms in total. The molecule has 0 aliphatic rings. The van der Waals surface area contributed by atoms with E-state index in [0.29, 0.717) is 0 Å². The second kappa shape index (κ2) is 5.09. The van der Waals surface area contributed by atoms with Gasteiger partial charge in [0.15, 0.2) is 0 Å². The van der Waals surface area contributed by atoms with Crippen LogP contribution in [0, 0.1) is 0 Å². The predicted octanol–water partition coefficient (Wildman–Crippen LogP) is 4.28. The maximum absolute atomic E-state index is 4.09. The van der Waals surface area contributed by atoms with Gasteiger partial charge < -0.3 is 5.32 Å². The van der Waals surface area contributed by atoms with E-state index in [-0.39, 0.29) is 0 Å². The fourth-order valence-electron chi connectivity index (χ4n) is 1.14. The summed E-state index contributed by atoms with van der Waals surface area (Å²) in [6, 6.07) is 4.12. The normalized spacial score (nSPS) is 10.3. The molecule has 0 spiro atoms. The molecule has 0 aromatic carbocycles. The van der Waals surface area contributed by atoms with Crippen LogP contribution in [0.1, 0.15) is 4.88 Å². The van der Waals surface area contributed by atoms with Gasteiger partial charge in [0.05, 0.1) is 11.9 Å². The Morgan fingerprint density at radius 3 is 2.73 bits per heavy atom. The molecule has 1 N–H and O–H groups in total. The van der Waals surface area contributed by atoms with Crippen LogP contribution in [0.3, 0.4) is 0 Å². The molecule has 5 heteroatoms. The van der Waals surface area contributed by atoms with E-state index in [1.165, 1.54) is 4.88 Å². The second-order valence-electron chi connectivity index (χ2n) is 2.98. The van der Waals surface area contributed by atoms with Gasteiger partial charge in [-0.25, -0.2) is 0 Å². The number of hydrogen-bond donors (Lipinski definition) is 1. The second-order valence-corrected chi connectivity index (χ2v) is 5.80. The summed E-state index contributed by atoms with van der Waals surface area (Å²) in [7, 11) is 0. The van der Waals surface area contributed by atoms with Crippen molar-refractivity contribution in [2.45, 2.75) is 6.54 Å². The highest BCUT2D eigenvalue weighted by Gasteiger charge is 1.98. The van der Waals surface area contributed by atoms with E-state index in [9.17, 15) is 0 Å². The Kier molecular flexibility index (Phi) is 3.77. The van der Waals surface area contributed by atoms with Crippen molar-refractivity contribution in [2.75, 3.05) is 5.32 Å². The molecule has 0 amide bonds. The summed E-state index contributed by atoms with van der Waals surface area (Å²) in [6.45, 7) is 0.828. The fraction of sp³-hybridized carbons (Fsp3) is 0.100. The molecule has 0 fully saturated rings. The molecule has 0 unspecified atom stereocenters. The number of thiophene rings is 1. The van der Waals surface area contributed by atoms with Gasteiger partial charge in [0.2, 0.25) is 0 Å². The Hall–Kier alpha value is -0.390. The van der Waals surface area contributed by atoms with E-state index in [4.69, 9.17) is 0 Å². The highest BCUT2D eigenvalue weighted by atomic mass is 79.9. The van der Waals surface area contributed by atoms with Crippen molar-refractivity contribution >= 4 is 48.9 Å². The lowest BCUT2D eigenvalue weighted by atomic mass is 10.4. The van der Waals surface area contributed by atoms with E-state index in [2.05, 4.69) is 53.6 Å². The molecule has 0 aliphatic heterocycles. The molecule has 2 aromatic rings. The van der Waals surface area contributed by atoms with Crippen LogP contribution >= 0.6 is 43.2 Å². The molecule has 0 aliphatic carbocycles. The van der Waals surface area contributed by atoms with E-state index in [1.54, 1.807) is 17.5 Å². The molecule has 15 heavy (non-hydrogen) atoms. The molecule has 0 atom stereocenters. The summed E-state index contributed by atoms with van der Waals surface area (Å²) >= 11 is 8.55. The van der Waals surface area contributed by atoms with Crippen molar-refractivity contribution in [1.29, 1.82) is 0 Å². The van der Waals surface area contributed by atoms with Gasteiger partial charge in [-0.15, -0.1) is 11.3 Å². The molecule has 2 rings (SSSR count). The highest BCUT2D eigenvalue weighted by molar-refractivity contribution is 9.10. The number of rotatable bonds is 3. The van der Waals surface area contributed by atoms with Crippen LogP contribution in [0.4, 0.5) is 5.69 Å². The monoisotopic (exact) mass is 346 g/mol. The number of nitrogens with one attached hydrogen (secondary N) is 1. The third-order valence-corrected chi connectivity index (χ3v) is 3.92. The Morgan fingerprint density at radius 1 is 1.20 bits per heavy atom. The van der Waals surface area contributed by atoms with Gasteiger partial charge in [-0.2, -0.15) is 0 Å². The van der Waals surface area contributed by atoms with E-state index in [0.717, 1.165) is 21.2 Å². The summed E-state index contributed by atoms with van der Waals surface area (Å²) in [5.41, 5.74) is 1.02. The highest BCUT2D eigenvalue weighted by Crippen LogP contribution is 2.21. The minimum Gasteiger partial charge on any atom is -0.379 e. The summed E-state index contributed by atoms with van der Waals surface area (Å²) in [5.74, 6) is 0. The van der Waals surface area contributed by atoms with Crippen LogP contribution < -0.4 is 5.32 Å². The van der Waals surface area contributed by atoms with Gasteiger partial charge in [0, 0.05) is 31.9 Å². The molecule has 0 bridgehead atoms.